The lowest BCUT2D eigenvalue weighted by atomic mass is 9.91. The molecule has 1 amide bonds. The topological polar surface area (TPSA) is 86.3 Å². The molecule has 2 heterocycles. The van der Waals surface area contributed by atoms with E-state index in [4.69, 9.17) is 0 Å². The van der Waals surface area contributed by atoms with Crippen LogP contribution in [-0.4, -0.2) is 26.8 Å². The van der Waals surface area contributed by atoms with E-state index in [9.17, 15) is 41.0 Å². The van der Waals surface area contributed by atoms with Crippen molar-refractivity contribution in [2.45, 2.75) is 38.2 Å². The second kappa shape index (κ2) is 8.43. The van der Waals surface area contributed by atoms with Crippen molar-refractivity contribution >= 4 is 28.4 Å². The lowest BCUT2D eigenvalue weighted by molar-refractivity contribution is -0.143. The number of H-pyrrole nitrogens is 1. The highest BCUT2D eigenvalue weighted by Crippen LogP contribution is 2.45. The summed E-state index contributed by atoms with van der Waals surface area (Å²) in [6.07, 6.45) is -8.84. The van der Waals surface area contributed by atoms with Crippen LogP contribution in [0.15, 0.2) is 54.1 Å². The number of fused-ring (bicyclic) bond motifs is 1. The van der Waals surface area contributed by atoms with Crippen LogP contribution in [0.5, 0.6) is 0 Å². The van der Waals surface area contributed by atoms with Gasteiger partial charge in [-0.2, -0.15) is 26.3 Å². The number of aliphatic hydroxyl groups is 1. The minimum Gasteiger partial charge on any atom is -0.503 e. The number of nitrogens with zero attached hydrogens (tertiary/aromatic N) is 2. The third-order valence-electron chi connectivity index (χ3n) is 5.59. The Morgan fingerprint density at radius 2 is 1.69 bits per heavy atom. The molecule has 1 aliphatic heterocycles. The summed E-state index contributed by atoms with van der Waals surface area (Å²) in [7, 11) is 0. The van der Waals surface area contributed by atoms with E-state index in [1.807, 2.05) is 0 Å². The third kappa shape index (κ3) is 4.35. The quantitative estimate of drug-likeness (QED) is 0.432. The molecule has 1 unspecified atom stereocenters. The average Bonchev–Trinajstić information content (AvgIpc) is 3.34. The number of aromatic nitrogens is 2. The number of Topliss-reactive ketones (excluding diaryl/α,β-unsaturated/α-hetero) is 1. The third-order valence-corrected chi connectivity index (χ3v) is 5.59. The van der Waals surface area contributed by atoms with Crippen molar-refractivity contribution in [1.82, 2.24) is 9.97 Å². The molecule has 0 radical (unpaired) electrons. The number of imidazole rings is 1. The molecule has 6 nitrogen and oxygen atoms in total. The van der Waals surface area contributed by atoms with Crippen LogP contribution in [0.3, 0.4) is 0 Å². The Balaban J connectivity index is 1.98. The Bertz CT molecular complexity index is 1320. The highest BCUT2D eigenvalue weighted by Gasteiger charge is 2.46. The zero-order valence-electron chi connectivity index (χ0n) is 18.0. The van der Waals surface area contributed by atoms with E-state index >= 15 is 0 Å². The van der Waals surface area contributed by atoms with Crippen LogP contribution in [0.4, 0.5) is 32.0 Å². The van der Waals surface area contributed by atoms with Gasteiger partial charge >= 0.3 is 12.4 Å². The van der Waals surface area contributed by atoms with Gasteiger partial charge in [-0.25, -0.2) is 4.98 Å². The van der Waals surface area contributed by atoms with Gasteiger partial charge in [0.25, 0.3) is 5.91 Å². The van der Waals surface area contributed by atoms with Crippen LogP contribution in [0.25, 0.3) is 11.0 Å². The molecule has 4 rings (SSSR count). The first kappa shape index (κ1) is 24.3. The van der Waals surface area contributed by atoms with E-state index in [1.54, 1.807) is 6.92 Å². The van der Waals surface area contributed by atoms with Gasteiger partial charge in [0.2, 0.25) is 0 Å². The number of rotatable bonds is 5. The Morgan fingerprint density at radius 1 is 1.06 bits per heavy atom. The van der Waals surface area contributed by atoms with Gasteiger partial charge in [-0.15, -0.1) is 0 Å². The number of carbonyl (C=O) groups is 2. The lowest BCUT2D eigenvalue weighted by Crippen LogP contribution is -2.31. The van der Waals surface area contributed by atoms with Crippen molar-refractivity contribution in [2.75, 3.05) is 4.90 Å². The predicted molar refractivity (Wildman–Crippen MR) is 112 cm³/mol. The largest absolute Gasteiger partial charge is 0.503 e. The van der Waals surface area contributed by atoms with Gasteiger partial charge in [0.05, 0.1) is 40.1 Å². The lowest BCUT2D eigenvalue weighted by Gasteiger charge is -2.28. The fraction of sp³-hybridized carbons (Fsp3) is 0.261. The summed E-state index contributed by atoms with van der Waals surface area (Å²) in [5, 5.41) is 10.6. The van der Waals surface area contributed by atoms with Gasteiger partial charge in [0, 0.05) is 12.1 Å². The molecule has 2 aromatic carbocycles. The molecule has 184 valence electrons. The molecule has 2 N–H and O–H groups in total. The Morgan fingerprint density at radius 3 is 2.26 bits per heavy atom. The van der Waals surface area contributed by atoms with Gasteiger partial charge in [-0.05, 0) is 48.4 Å². The number of hydrogen-bond acceptors (Lipinski definition) is 4. The van der Waals surface area contributed by atoms with Crippen molar-refractivity contribution in [2.24, 2.45) is 0 Å². The number of amides is 1. The van der Waals surface area contributed by atoms with Crippen LogP contribution in [-0.2, 0) is 21.9 Å². The molecule has 35 heavy (non-hydrogen) atoms. The summed E-state index contributed by atoms with van der Waals surface area (Å²) in [6, 6.07) is 3.38. The molecule has 0 spiro atoms. The first-order valence-corrected chi connectivity index (χ1v) is 10.3. The Labute approximate surface area is 193 Å². The zero-order valence-corrected chi connectivity index (χ0v) is 18.0. The molecule has 12 heteroatoms. The molecule has 0 saturated carbocycles. The molecule has 1 atom stereocenters. The number of ketones is 1. The first-order valence-electron chi connectivity index (χ1n) is 10.3. The second-order valence-corrected chi connectivity index (χ2v) is 7.96. The maximum absolute atomic E-state index is 13.5. The number of halogens is 6. The van der Waals surface area contributed by atoms with Crippen LogP contribution in [0, 0.1) is 0 Å². The summed E-state index contributed by atoms with van der Waals surface area (Å²) in [6.45, 7) is 1.62. The van der Waals surface area contributed by atoms with E-state index < -0.39 is 58.1 Å². The molecule has 0 fully saturated rings. The SMILES string of the molecule is CCCC(=O)C1=C(O)C(=O)N(c2ccc3[nH]cnc3c2)C1c1cc(C(F)(F)F)cc(C(F)(F)F)c1. The van der Waals surface area contributed by atoms with Crippen LogP contribution < -0.4 is 4.90 Å². The molecule has 0 bridgehead atoms. The van der Waals surface area contributed by atoms with Gasteiger partial charge in [0.15, 0.2) is 11.5 Å². The van der Waals surface area contributed by atoms with Crippen LogP contribution in [0.2, 0.25) is 0 Å². The van der Waals surface area contributed by atoms with Gasteiger partial charge < -0.3 is 10.1 Å². The molecule has 3 aromatic rings. The standard InChI is InChI=1S/C23H17F6N3O3/c1-2-3-17(33)18-19(11-6-12(22(24,25)26)8-13(7-11)23(27,28)29)32(21(35)20(18)34)14-4-5-15-16(9-14)31-10-30-15/h4-10,19,34H,2-3H2,1H3,(H,30,31). The molecule has 1 aliphatic rings. The van der Waals surface area contributed by atoms with Gasteiger partial charge in [-0.3, -0.25) is 14.5 Å². The van der Waals surface area contributed by atoms with Crippen molar-refractivity contribution in [3.8, 4) is 0 Å². The highest BCUT2D eigenvalue weighted by atomic mass is 19.4. The van der Waals surface area contributed by atoms with E-state index in [0.717, 1.165) is 4.90 Å². The minimum absolute atomic E-state index is 0.0245. The highest BCUT2D eigenvalue weighted by molar-refractivity contribution is 6.16. The van der Waals surface area contributed by atoms with Crippen molar-refractivity contribution in [3.63, 3.8) is 0 Å². The normalized spacial score (nSPS) is 17.1. The number of hydrogen-bond donors (Lipinski definition) is 2. The molecule has 0 aliphatic carbocycles. The monoisotopic (exact) mass is 497 g/mol. The number of benzene rings is 2. The van der Waals surface area contributed by atoms with E-state index in [0.29, 0.717) is 23.2 Å². The number of aromatic amines is 1. The Hall–Kier alpha value is -3.83. The zero-order chi connectivity index (χ0) is 25.7. The first-order chi connectivity index (χ1) is 16.3. The van der Waals surface area contributed by atoms with Gasteiger partial charge in [0.1, 0.15) is 0 Å². The molecule has 0 saturated heterocycles. The van der Waals surface area contributed by atoms with Crippen molar-refractivity contribution < 1.29 is 41.0 Å². The predicted octanol–water partition coefficient (Wildman–Crippen LogP) is 5.87. The average molecular weight is 497 g/mol. The van der Waals surface area contributed by atoms with Crippen LogP contribution >= 0.6 is 0 Å². The van der Waals surface area contributed by atoms with Gasteiger partial charge in [-0.1, -0.05) is 6.92 Å². The summed E-state index contributed by atoms with van der Waals surface area (Å²) in [5.74, 6) is -2.92. The summed E-state index contributed by atoms with van der Waals surface area (Å²) >= 11 is 0. The maximum atomic E-state index is 13.5. The molecule has 1 aromatic heterocycles. The maximum Gasteiger partial charge on any atom is 0.416 e. The fourth-order valence-corrected chi connectivity index (χ4v) is 4.04. The number of alkyl halides is 6. The smallest absolute Gasteiger partial charge is 0.416 e. The van der Waals surface area contributed by atoms with Crippen molar-refractivity contribution in [1.29, 1.82) is 0 Å². The summed E-state index contributed by atoms with van der Waals surface area (Å²) < 4.78 is 81.1. The second-order valence-electron chi connectivity index (χ2n) is 7.96. The Kier molecular flexibility index (Phi) is 5.86. The fourth-order valence-electron chi connectivity index (χ4n) is 4.04. The van der Waals surface area contributed by atoms with E-state index in [2.05, 4.69) is 9.97 Å². The van der Waals surface area contributed by atoms with E-state index in [-0.39, 0.29) is 24.6 Å². The van der Waals surface area contributed by atoms with E-state index in [1.165, 1.54) is 24.5 Å². The van der Waals surface area contributed by atoms with Crippen LogP contribution in [0.1, 0.15) is 42.5 Å². The number of aliphatic hydroxyl groups excluding tert-OH is 1. The number of anilines is 1. The van der Waals surface area contributed by atoms with Crippen molar-refractivity contribution in [3.05, 3.63) is 70.7 Å². The molecular weight excluding hydrogens is 480 g/mol. The number of carbonyl (C=O) groups excluding carboxylic acids is 2. The number of nitrogens with one attached hydrogen (secondary N) is 1. The summed E-state index contributed by atoms with van der Waals surface area (Å²) in [5.41, 5.74) is -3.47. The summed E-state index contributed by atoms with van der Waals surface area (Å²) in [4.78, 5) is 33.5. The minimum atomic E-state index is -5.14. The molecular formula is C23H17F6N3O3.